The summed E-state index contributed by atoms with van der Waals surface area (Å²) in [6, 6.07) is 5.34. The van der Waals surface area contributed by atoms with Gasteiger partial charge in [-0.05, 0) is 81.4 Å². The zero-order valence-corrected chi connectivity index (χ0v) is 16.7. The molecule has 1 amide bonds. The third-order valence-corrected chi connectivity index (χ3v) is 4.89. The molecule has 29 heavy (non-hydrogen) atoms. The minimum atomic E-state index is -4.81. The molecule has 0 fully saturated rings. The van der Waals surface area contributed by atoms with Gasteiger partial charge in [-0.1, -0.05) is 0 Å². The van der Waals surface area contributed by atoms with Crippen molar-refractivity contribution in [3.05, 3.63) is 64.0 Å². The van der Waals surface area contributed by atoms with E-state index in [1.165, 1.54) is 0 Å². The number of nitrogens with zero attached hydrogens (tertiary/aromatic N) is 1. The summed E-state index contributed by atoms with van der Waals surface area (Å²) in [5, 5.41) is 12.3. The van der Waals surface area contributed by atoms with Gasteiger partial charge >= 0.3 is 6.18 Å². The molecule has 0 spiro atoms. The van der Waals surface area contributed by atoms with E-state index in [4.69, 9.17) is 0 Å². The van der Waals surface area contributed by atoms with E-state index in [9.17, 15) is 27.5 Å². The van der Waals surface area contributed by atoms with Gasteiger partial charge in [0.2, 0.25) is 0 Å². The van der Waals surface area contributed by atoms with E-state index >= 15 is 0 Å². The first-order valence-corrected chi connectivity index (χ1v) is 9.00. The minimum Gasteiger partial charge on any atom is -0.508 e. The summed E-state index contributed by atoms with van der Waals surface area (Å²) in [5.41, 5.74) is 1.30. The van der Waals surface area contributed by atoms with Crippen LogP contribution in [0.15, 0.2) is 30.3 Å². The molecule has 0 heterocycles. The van der Waals surface area contributed by atoms with Crippen LogP contribution in [0.5, 0.6) is 5.75 Å². The molecule has 2 aromatic carbocycles. The number of benzene rings is 2. The van der Waals surface area contributed by atoms with Crippen molar-refractivity contribution in [3.63, 3.8) is 0 Å². The number of carbonyl (C=O) groups is 1. The molecule has 0 unspecified atom stereocenters. The molecule has 1 atom stereocenters. The molecule has 0 aromatic heterocycles. The third kappa shape index (κ3) is 5.69. The Labute approximate surface area is 167 Å². The monoisotopic (exact) mass is 412 g/mol. The summed E-state index contributed by atoms with van der Waals surface area (Å²) in [4.78, 5) is 14.2. The summed E-state index contributed by atoms with van der Waals surface area (Å²) in [6.07, 6.45) is -4.22. The average Bonchev–Trinajstić information content (AvgIpc) is 2.58. The van der Waals surface area contributed by atoms with Gasteiger partial charge in [0.25, 0.3) is 5.91 Å². The molecule has 4 nitrogen and oxygen atoms in total. The summed E-state index contributed by atoms with van der Waals surface area (Å²) in [7, 11) is 3.69. The van der Waals surface area contributed by atoms with Crippen LogP contribution in [0.1, 0.15) is 32.6 Å². The topological polar surface area (TPSA) is 52.6 Å². The van der Waals surface area contributed by atoms with E-state index in [0.717, 1.165) is 22.8 Å². The van der Waals surface area contributed by atoms with Gasteiger partial charge in [-0.2, -0.15) is 13.2 Å². The van der Waals surface area contributed by atoms with E-state index in [1.807, 2.05) is 32.8 Å². The number of phenolic OH excluding ortho intramolecular Hbond substituents is 1. The number of aromatic hydroxyl groups is 1. The molecule has 0 aliphatic rings. The molecule has 0 aliphatic carbocycles. The predicted molar refractivity (Wildman–Crippen MR) is 102 cm³/mol. The van der Waals surface area contributed by atoms with Gasteiger partial charge in [0.05, 0.1) is 5.56 Å². The van der Waals surface area contributed by atoms with E-state index in [-0.39, 0.29) is 23.9 Å². The Morgan fingerprint density at radius 2 is 1.72 bits per heavy atom. The predicted octanol–water partition coefficient (Wildman–Crippen LogP) is 4.07. The highest BCUT2D eigenvalue weighted by Gasteiger charge is 2.34. The fourth-order valence-electron chi connectivity index (χ4n) is 3.16. The van der Waals surface area contributed by atoms with Crippen molar-refractivity contribution >= 4 is 5.91 Å². The lowest BCUT2D eigenvalue weighted by Crippen LogP contribution is -2.41. The van der Waals surface area contributed by atoms with Crippen LogP contribution in [-0.4, -0.2) is 42.6 Å². The Bertz CT molecular complexity index is 872. The van der Waals surface area contributed by atoms with Gasteiger partial charge in [0, 0.05) is 18.2 Å². The standard InChI is InChI=1S/C21H24F4N2O2/c1-12-7-16(28)8-13(2)17(12)10-15(27(3)4)11-26-20(29)14-5-6-18(19(22)9-14)21(23,24)25/h5-9,15,28H,10-11H2,1-4H3,(H,26,29)/t15-/m0/s1. The van der Waals surface area contributed by atoms with Crippen molar-refractivity contribution in [2.45, 2.75) is 32.5 Å². The zero-order chi connectivity index (χ0) is 21.9. The quantitative estimate of drug-likeness (QED) is 0.704. The molecule has 0 radical (unpaired) electrons. The molecular formula is C21H24F4N2O2. The zero-order valence-electron chi connectivity index (χ0n) is 16.7. The number of halogens is 4. The normalized spacial score (nSPS) is 12.9. The number of nitrogens with one attached hydrogen (secondary N) is 1. The fraction of sp³-hybridized carbons (Fsp3) is 0.381. The van der Waals surface area contributed by atoms with E-state index < -0.39 is 23.5 Å². The lowest BCUT2D eigenvalue weighted by atomic mass is 9.95. The Hall–Kier alpha value is -2.61. The van der Waals surface area contributed by atoms with Gasteiger partial charge in [0.1, 0.15) is 11.6 Å². The highest BCUT2D eigenvalue weighted by molar-refractivity contribution is 5.94. The first-order chi connectivity index (χ1) is 13.4. The molecular weight excluding hydrogens is 388 g/mol. The SMILES string of the molecule is Cc1cc(O)cc(C)c1C[C@@H](CNC(=O)c1ccc(C(F)(F)F)c(F)c1)N(C)C. The summed E-state index contributed by atoms with van der Waals surface area (Å²) in [6.45, 7) is 3.99. The van der Waals surface area contributed by atoms with Crippen molar-refractivity contribution in [1.29, 1.82) is 0 Å². The number of amides is 1. The first-order valence-electron chi connectivity index (χ1n) is 9.00. The minimum absolute atomic E-state index is 0.111. The highest BCUT2D eigenvalue weighted by Crippen LogP contribution is 2.31. The Kier molecular flexibility index (Phi) is 6.89. The van der Waals surface area contributed by atoms with Crippen LogP contribution in [-0.2, 0) is 12.6 Å². The molecule has 0 aliphatic heterocycles. The fourth-order valence-corrected chi connectivity index (χ4v) is 3.16. The van der Waals surface area contributed by atoms with Crippen molar-refractivity contribution in [2.75, 3.05) is 20.6 Å². The van der Waals surface area contributed by atoms with Gasteiger partial charge < -0.3 is 15.3 Å². The second-order valence-corrected chi connectivity index (χ2v) is 7.28. The largest absolute Gasteiger partial charge is 0.508 e. The second kappa shape index (κ2) is 8.82. The molecule has 2 rings (SSSR count). The summed E-state index contributed by atoms with van der Waals surface area (Å²) < 4.78 is 51.7. The van der Waals surface area contributed by atoms with E-state index in [1.54, 1.807) is 12.1 Å². The Morgan fingerprint density at radius 3 is 2.21 bits per heavy atom. The number of likely N-dealkylation sites (N-methyl/N-ethyl adjacent to an activating group) is 1. The maximum Gasteiger partial charge on any atom is 0.419 e. The maximum absolute atomic E-state index is 13.7. The van der Waals surface area contributed by atoms with Crippen LogP contribution in [0.2, 0.25) is 0 Å². The Morgan fingerprint density at radius 1 is 1.14 bits per heavy atom. The number of alkyl halides is 3. The summed E-state index contributed by atoms with van der Waals surface area (Å²) >= 11 is 0. The first kappa shape index (κ1) is 22.7. The molecule has 2 N–H and O–H groups in total. The van der Waals surface area contributed by atoms with Gasteiger partial charge in [-0.15, -0.1) is 0 Å². The molecule has 8 heteroatoms. The van der Waals surface area contributed by atoms with Crippen LogP contribution in [0.4, 0.5) is 17.6 Å². The smallest absolute Gasteiger partial charge is 0.419 e. The van der Waals surface area contributed by atoms with Gasteiger partial charge in [-0.3, -0.25) is 4.79 Å². The molecule has 0 saturated heterocycles. The van der Waals surface area contributed by atoms with Crippen molar-refractivity contribution in [1.82, 2.24) is 10.2 Å². The van der Waals surface area contributed by atoms with Crippen LogP contribution < -0.4 is 5.32 Å². The average molecular weight is 412 g/mol. The van der Waals surface area contributed by atoms with Crippen molar-refractivity contribution in [3.8, 4) is 5.75 Å². The summed E-state index contributed by atoms with van der Waals surface area (Å²) in [5.74, 6) is -1.95. The number of rotatable bonds is 6. The van der Waals surface area contributed by atoms with Crippen molar-refractivity contribution in [2.24, 2.45) is 0 Å². The molecule has 2 aromatic rings. The van der Waals surface area contributed by atoms with E-state index in [2.05, 4.69) is 5.32 Å². The van der Waals surface area contributed by atoms with Gasteiger partial charge in [0.15, 0.2) is 0 Å². The second-order valence-electron chi connectivity index (χ2n) is 7.28. The number of phenols is 1. The lowest BCUT2D eigenvalue weighted by molar-refractivity contribution is -0.140. The van der Waals surface area contributed by atoms with E-state index in [0.29, 0.717) is 18.6 Å². The number of hydrogen-bond donors (Lipinski definition) is 2. The van der Waals surface area contributed by atoms with Crippen LogP contribution in [0.3, 0.4) is 0 Å². The maximum atomic E-state index is 13.7. The molecule has 158 valence electrons. The number of carbonyl (C=O) groups excluding carboxylic acids is 1. The molecule has 0 bridgehead atoms. The number of aryl methyl sites for hydroxylation is 2. The Balaban J connectivity index is 2.11. The van der Waals surface area contributed by atoms with Crippen molar-refractivity contribution < 1.29 is 27.5 Å². The lowest BCUT2D eigenvalue weighted by Gasteiger charge is -2.26. The van der Waals surface area contributed by atoms with Crippen LogP contribution >= 0.6 is 0 Å². The molecule has 0 saturated carbocycles. The van der Waals surface area contributed by atoms with Crippen LogP contribution in [0.25, 0.3) is 0 Å². The van der Waals surface area contributed by atoms with Gasteiger partial charge in [-0.25, -0.2) is 4.39 Å². The highest BCUT2D eigenvalue weighted by atomic mass is 19.4. The van der Waals surface area contributed by atoms with Crippen LogP contribution in [0, 0.1) is 19.7 Å². The number of hydrogen-bond acceptors (Lipinski definition) is 3. The third-order valence-electron chi connectivity index (χ3n) is 4.89.